The Morgan fingerprint density at radius 2 is 2.00 bits per heavy atom. The van der Waals surface area contributed by atoms with Crippen molar-refractivity contribution in [3.05, 3.63) is 76.0 Å². The van der Waals surface area contributed by atoms with Gasteiger partial charge in [-0.15, -0.1) is 11.3 Å². The van der Waals surface area contributed by atoms with Crippen LogP contribution in [-0.2, 0) is 6.54 Å². The molecule has 2 heterocycles. The molecule has 0 amide bonds. The van der Waals surface area contributed by atoms with Gasteiger partial charge in [-0.2, -0.15) is 0 Å². The number of aromatic nitrogens is 1. The van der Waals surface area contributed by atoms with Crippen molar-refractivity contribution in [2.24, 2.45) is 0 Å². The number of hydrogen-bond acceptors (Lipinski definition) is 6. The van der Waals surface area contributed by atoms with Crippen molar-refractivity contribution < 1.29 is 9.15 Å². The van der Waals surface area contributed by atoms with Crippen LogP contribution in [0.1, 0.15) is 5.56 Å². The predicted molar refractivity (Wildman–Crippen MR) is 104 cm³/mol. The molecule has 0 bridgehead atoms. The molecule has 0 aliphatic rings. The van der Waals surface area contributed by atoms with Crippen LogP contribution in [0.5, 0.6) is 5.75 Å². The average molecular weight is 364 g/mol. The van der Waals surface area contributed by atoms with Crippen LogP contribution in [0.4, 0.5) is 5.13 Å². The molecule has 2 aromatic carbocycles. The van der Waals surface area contributed by atoms with E-state index in [-0.39, 0.29) is 0 Å². The molecule has 0 spiro atoms. The van der Waals surface area contributed by atoms with E-state index in [1.165, 1.54) is 16.9 Å². The number of thiazole rings is 1. The topological polar surface area (TPSA) is 64.4 Å². The minimum atomic E-state index is -0.400. The average Bonchev–Trinajstić information content (AvgIpc) is 3.15. The molecule has 0 saturated heterocycles. The van der Waals surface area contributed by atoms with Gasteiger partial charge in [0.1, 0.15) is 11.3 Å². The Labute approximate surface area is 153 Å². The first-order valence-corrected chi connectivity index (χ1v) is 8.96. The van der Waals surface area contributed by atoms with E-state index in [0.29, 0.717) is 29.1 Å². The zero-order valence-electron chi connectivity index (χ0n) is 14.1. The van der Waals surface area contributed by atoms with Gasteiger partial charge in [0.05, 0.1) is 18.4 Å². The summed E-state index contributed by atoms with van der Waals surface area (Å²) in [5, 5.41) is 6.69. The van der Waals surface area contributed by atoms with Crippen LogP contribution >= 0.6 is 11.3 Å². The number of ether oxygens (including phenoxy) is 1. The van der Waals surface area contributed by atoms with Gasteiger partial charge in [0.15, 0.2) is 5.13 Å². The Morgan fingerprint density at radius 3 is 2.81 bits per heavy atom. The standard InChI is InChI=1S/C20H16N2O3S/c1-24-15-7-8-18-14(9-15)10-16(19(23)25-18)17-12-26-20(22-17)21-11-13-5-3-2-4-6-13/h2-10,12H,11H2,1H3,(H,21,22). The van der Waals surface area contributed by atoms with Gasteiger partial charge >= 0.3 is 5.63 Å². The third-order valence-electron chi connectivity index (χ3n) is 4.01. The van der Waals surface area contributed by atoms with Gasteiger partial charge in [-0.1, -0.05) is 30.3 Å². The summed E-state index contributed by atoms with van der Waals surface area (Å²) in [6.07, 6.45) is 0. The van der Waals surface area contributed by atoms with Gasteiger partial charge in [0.2, 0.25) is 0 Å². The summed E-state index contributed by atoms with van der Waals surface area (Å²) >= 11 is 1.46. The second-order valence-corrected chi connectivity index (χ2v) is 6.59. The van der Waals surface area contributed by atoms with Gasteiger partial charge < -0.3 is 14.5 Å². The van der Waals surface area contributed by atoms with Crippen LogP contribution in [0.15, 0.2) is 69.2 Å². The number of fused-ring (bicyclic) bond motifs is 1. The lowest BCUT2D eigenvalue weighted by atomic mass is 10.1. The molecule has 0 atom stereocenters. The van der Waals surface area contributed by atoms with Crippen molar-refractivity contribution in [3.8, 4) is 17.0 Å². The fourth-order valence-corrected chi connectivity index (χ4v) is 3.37. The van der Waals surface area contributed by atoms with Crippen molar-refractivity contribution in [2.75, 3.05) is 12.4 Å². The first-order chi connectivity index (χ1) is 12.7. The third kappa shape index (κ3) is 3.32. The summed E-state index contributed by atoms with van der Waals surface area (Å²) in [6.45, 7) is 0.678. The molecule has 0 aliphatic heterocycles. The first kappa shape index (κ1) is 16.4. The maximum atomic E-state index is 12.3. The van der Waals surface area contributed by atoms with Crippen LogP contribution < -0.4 is 15.7 Å². The number of anilines is 1. The monoisotopic (exact) mass is 364 g/mol. The lowest BCUT2D eigenvalue weighted by Gasteiger charge is -2.03. The number of hydrogen-bond donors (Lipinski definition) is 1. The van der Waals surface area contributed by atoms with Crippen molar-refractivity contribution in [1.82, 2.24) is 4.98 Å². The first-order valence-electron chi connectivity index (χ1n) is 8.08. The number of methoxy groups -OCH3 is 1. The SMILES string of the molecule is COc1ccc2oc(=O)c(-c3csc(NCc4ccccc4)n3)cc2c1. The maximum Gasteiger partial charge on any atom is 0.345 e. The smallest absolute Gasteiger partial charge is 0.345 e. The number of benzene rings is 2. The molecule has 5 nitrogen and oxygen atoms in total. The number of nitrogens with zero attached hydrogens (tertiary/aromatic N) is 1. The lowest BCUT2D eigenvalue weighted by molar-refractivity contribution is 0.415. The zero-order valence-corrected chi connectivity index (χ0v) is 14.9. The minimum Gasteiger partial charge on any atom is -0.497 e. The fraction of sp³-hybridized carbons (Fsp3) is 0.100. The molecule has 4 aromatic rings. The minimum absolute atomic E-state index is 0.400. The highest BCUT2D eigenvalue weighted by Gasteiger charge is 2.12. The lowest BCUT2D eigenvalue weighted by Crippen LogP contribution is -2.03. The quantitative estimate of drug-likeness (QED) is 0.527. The van der Waals surface area contributed by atoms with Crippen LogP contribution in [-0.4, -0.2) is 12.1 Å². The van der Waals surface area contributed by atoms with Crippen LogP contribution in [0.3, 0.4) is 0 Å². The summed E-state index contributed by atoms with van der Waals surface area (Å²) in [7, 11) is 1.60. The van der Waals surface area contributed by atoms with Gasteiger partial charge in [-0.05, 0) is 29.8 Å². The van der Waals surface area contributed by atoms with E-state index in [1.54, 1.807) is 25.3 Å². The molecule has 130 valence electrons. The van der Waals surface area contributed by atoms with Gasteiger partial charge in [-0.3, -0.25) is 0 Å². The Bertz CT molecular complexity index is 1100. The van der Waals surface area contributed by atoms with Crippen LogP contribution in [0.25, 0.3) is 22.2 Å². The Kier molecular flexibility index (Phi) is 4.41. The van der Waals surface area contributed by atoms with E-state index in [1.807, 2.05) is 41.8 Å². The molecule has 0 aliphatic carbocycles. The highest BCUT2D eigenvalue weighted by atomic mass is 32.1. The van der Waals surface area contributed by atoms with Gasteiger partial charge in [0.25, 0.3) is 0 Å². The van der Waals surface area contributed by atoms with E-state index in [9.17, 15) is 4.79 Å². The summed E-state index contributed by atoms with van der Waals surface area (Å²) < 4.78 is 10.7. The molecular weight excluding hydrogens is 348 g/mol. The molecule has 0 unspecified atom stereocenters. The van der Waals surface area contributed by atoms with Crippen LogP contribution in [0, 0.1) is 0 Å². The third-order valence-corrected chi connectivity index (χ3v) is 4.81. The van der Waals surface area contributed by atoms with Crippen LogP contribution in [0.2, 0.25) is 0 Å². The molecule has 0 radical (unpaired) electrons. The van der Waals surface area contributed by atoms with E-state index in [2.05, 4.69) is 10.3 Å². The Balaban J connectivity index is 1.62. The predicted octanol–water partition coefficient (Wildman–Crippen LogP) is 4.54. The normalized spacial score (nSPS) is 10.8. The summed E-state index contributed by atoms with van der Waals surface area (Å²) in [5.41, 5.74) is 2.33. The van der Waals surface area contributed by atoms with E-state index in [4.69, 9.17) is 9.15 Å². The van der Waals surface area contributed by atoms with Crippen molar-refractivity contribution in [3.63, 3.8) is 0 Å². The Morgan fingerprint density at radius 1 is 1.15 bits per heavy atom. The van der Waals surface area contributed by atoms with Gasteiger partial charge in [0, 0.05) is 17.3 Å². The Hall–Kier alpha value is -3.12. The molecule has 2 aromatic heterocycles. The van der Waals surface area contributed by atoms with Gasteiger partial charge in [-0.25, -0.2) is 9.78 Å². The van der Waals surface area contributed by atoms with E-state index in [0.717, 1.165) is 10.5 Å². The summed E-state index contributed by atoms with van der Waals surface area (Å²) in [5.74, 6) is 0.709. The molecule has 0 fully saturated rings. The number of nitrogens with one attached hydrogen (secondary N) is 1. The van der Waals surface area contributed by atoms with Crippen molar-refractivity contribution in [2.45, 2.75) is 6.54 Å². The molecular formula is C20H16N2O3S. The second-order valence-electron chi connectivity index (χ2n) is 5.73. The zero-order chi connectivity index (χ0) is 17.9. The highest BCUT2D eigenvalue weighted by Crippen LogP contribution is 2.27. The number of rotatable bonds is 5. The van der Waals surface area contributed by atoms with E-state index < -0.39 is 5.63 Å². The molecule has 1 N–H and O–H groups in total. The fourth-order valence-electron chi connectivity index (χ4n) is 2.66. The summed E-state index contributed by atoms with van der Waals surface area (Å²) in [4.78, 5) is 16.8. The highest BCUT2D eigenvalue weighted by molar-refractivity contribution is 7.14. The maximum absolute atomic E-state index is 12.3. The molecule has 4 rings (SSSR count). The van der Waals surface area contributed by atoms with Crippen molar-refractivity contribution >= 4 is 27.4 Å². The molecule has 6 heteroatoms. The second kappa shape index (κ2) is 7.01. The summed E-state index contributed by atoms with van der Waals surface area (Å²) in [6, 6.07) is 17.2. The molecule has 0 saturated carbocycles. The largest absolute Gasteiger partial charge is 0.497 e. The molecule has 26 heavy (non-hydrogen) atoms. The van der Waals surface area contributed by atoms with Crippen molar-refractivity contribution in [1.29, 1.82) is 0 Å². The van der Waals surface area contributed by atoms with E-state index >= 15 is 0 Å².